The predicted octanol–water partition coefficient (Wildman–Crippen LogP) is 5.59. The topological polar surface area (TPSA) is 38.7 Å². The molecule has 0 amide bonds. The summed E-state index contributed by atoms with van der Waals surface area (Å²) in [7, 11) is 0. The van der Waals surface area contributed by atoms with Crippen molar-refractivity contribution in [3.63, 3.8) is 0 Å². The van der Waals surface area contributed by atoms with Crippen molar-refractivity contribution >= 4 is 17.2 Å². The van der Waals surface area contributed by atoms with Crippen molar-refractivity contribution in [3.8, 4) is 22.8 Å². The summed E-state index contributed by atoms with van der Waals surface area (Å²) in [6.45, 7) is 0. The van der Waals surface area contributed by atoms with Gasteiger partial charge in [-0.15, -0.1) is 0 Å². The van der Waals surface area contributed by atoms with Gasteiger partial charge in [-0.3, -0.25) is 0 Å². The molecule has 122 valence electrons. The maximum atomic E-state index is 6.12. The molecule has 0 radical (unpaired) electrons. The smallest absolute Gasteiger partial charge is 0.208 e. The average Bonchev–Trinajstić information content (AvgIpc) is 2.69. The Morgan fingerprint density at radius 2 is 1.32 bits per heavy atom. The van der Waals surface area contributed by atoms with Crippen LogP contribution in [-0.2, 0) is 0 Å². The molecule has 0 aliphatic heterocycles. The molecule has 1 aliphatic carbocycles. The first-order valence-electron chi connectivity index (χ1n) is 8.24. The van der Waals surface area contributed by atoms with E-state index in [4.69, 9.17) is 11.6 Å². The molecule has 0 saturated heterocycles. The van der Waals surface area contributed by atoms with Gasteiger partial charge < -0.3 is 0 Å². The summed E-state index contributed by atoms with van der Waals surface area (Å²) in [6.07, 6.45) is 8.86. The van der Waals surface area contributed by atoms with Crippen LogP contribution in [0.1, 0.15) is 18.4 Å². The molecular weight excluding hydrogens is 330 g/mol. The van der Waals surface area contributed by atoms with Crippen molar-refractivity contribution in [2.45, 2.75) is 12.8 Å². The minimum absolute atomic E-state index is 0.200. The van der Waals surface area contributed by atoms with Crippen LogP contribution in [0.5, 0.6) is 0 Å². The Bertz CT molecular complexity index is 945. The first kappa shape index (κ1) is 15.7. The van der Waals surface area contributed by atoms with Crippen LogP contribution in [0, 0.1) is 0 Å². The van der Waals surface area contributed by atoms with Gasteiger partial charge in [0.1, 0.15) is 0 Å². The zero-order chi connectivity index (χ0) is 17.1. The molecule has 0 saturated carbocycles. The van der Waals surface area contributed by atoms with Gasteiger partial charge in [0.15, 0.2) is 11.6 Å². The number of hydrogen-bond donors (Lipinski definition) is 0. The summed E-state index contributed by atoms with van der Waals surface area (Å²) in [4.78, 5) is 13.1. The number of benzene rings is 2. The average molecular weight is 346 g/mol. The second kappa shape index (κ2) is 6.99. The molecule has 1 aromatic heterocycles. The van der Waals surface area contributed by atoms with Crippen molar-refractivity contribution in [2.75, 3.05) is 0 Å². The molecule has 3 aromatic rings. The lowest BCUT2D eigenvalue weighted by Gasteiger charge is -2.09. The van der Waals surface area contributed by atoms with Crippen molar-refractivity contribution < 1.29 is 0 Å². The standard InChI is InChI=1S/C21H16ClN3/c22-21-24-19(17-9-5-2-6-10-17)23-20(25-21)18-13-11-16(12-14-18)15-7-3-1-4-8-15/h2-3,5-14H,1,4H2. The van der Waals surface area contributed by atoms with E-state index in [1.807, 2.05) is 42.5 Å². The van der Waals surface area contributed by atoms with Crippen LogP contribution in [0.4, 0.5) is 0 Å². The number of nitrogens with zero attached hydrogens (tertiary/aromatic N) is 3. The highest BCUT2D eigenvalue weighted by Gasteiger charge is 2.10. The van der Waals surface area contributed by atoms with Gasteiger partial charge in [-0.25, -0.2) is 4.98 Å². The van der Waals surface area contributed by atoms with E-state index in [-0.39, 0.29) is 5.28 Å². The number of rotatable bonds is 3. The Morgan fingerprint density at radius 3 is 1.96 bits per heavy atom. The van der Waals surface area contributed by atoms with Gasteiger partial charge in [-0.1, -0.05) is 72.8 Å². The van der Waals surface area contributed by atoms with E-state index < -0.39 is 0 Å². The molecule has 25 heavy (non-hydrogen) atoms. The Hall–Kier alpha value is -2.78. The largest absolute Gasteiger partial charge is 0.226 e. The van der Waals surface area contributed by atoms with Crippen LogP contribution in [-0.4, -0.2) is 15.0 Å². The van der Waals surface area contributed by atoms with E-state index in [9.17, 15) is 0 Å². The van der Waals surface area contributed by atoms with Crippen molar-refractivity contribution in [1.29, 1.82) is 0 Å². The Balaban J connectivity index is 1.69. The molecule has 0 N–H and O–H groups in total. The molecule has 0 unspecified atom stereocenters. The number of hydrogen-bond acceptors (Lipinski definition) is 3. The van der Waals surface area contributed by atoms with Crippen molar-refractivity contribution in [3.05, 3.63) is 83.7 Å². The Morgan fingerprint density at radius 1 is 0.680 bits per heavy atom. The second-order valence-corrected chi connectivity index (χ2v) is 6.17. The van der Waals surface area contributed by atoms with Crippen LogP contribution in [0.2, 0.25) is 5.28 Å². The molecular formula is C21H16ClN3. The second-order valence-electron chi connectivity index (χ2n) is 5.83. The summed E-state index contributed by atoms with van der Waals surface area (Å²) < 4.78 is 0. The summed E-state index contributed by atoms with van der Waals surface area (Å²) >= 11 is 6.12. The van der Waals surface area contributed by atoms with Gasteiger partial charge in [0.05, 0.1) is 0 Å². The maximum absolute atomic E-state index is 6.12. The summed E-state index contributed by atoms with van der Waals surface area (Å²) in [5, 5.41) is 0.200. The van der Waals surface area contributed by atoms with Gasteiger partial charge in [0.25, 0.3) is 0 Å². The maximum Gasteiger partial charge on any atom is 0.226 e. The number of aromatic nitrogens is 3. The van der Waals surface area contributed by atoms with Crippen LogP contribution in [0.25, 0.3) is 28.3 Å². The van der Waals surface area contributed by atoms with E-state index >= 15 is 0 Å². The van der Waals surface area contributed by atoms with Gasteiger partial charge in [-0.2, -0.15) is 9.97 Å². The fraction of sp³-hybridized carbons (Fsp3) is 0.0952. The molecule has 1 aliphatic rings. The molecule has 3 nitrogen and oxygen atoms in total. The van der Waals surface area contributed by atoms with E-state index in [2.05, 4.69) is 45.3 Å². The third kappa shape index (κ3) is 3.52. The molecule has 0 fully saturated rings. The first-order chi connectivity index (χ1) is 12.3. The molecule has 0 bridgehead atoms. The van der Waals surface area contributed by atoms with Gasteiger partial charge in [-0.05, 0) is 35.6 Å². The zero-order valence-corrected chi connectivity index (χ0v) is 14.3. The van der Waals surface area contributed by atoms with Crippen LogP contribution >= 0.6 is 11.6 Å². The molecule has 2 aromatic carbocycles. The first-order valence-corrected chi connectivity index (χ1v) is 8.62. The number of halogens is 1. The lowest BCUT2D eigenvalue weighted by Crippen LogP contribution is -1.97. The highest BCUT2D eigenvalue weighted by molar-refractivity contribution is 6.28. The molecule has 1 heterocycles. The minimum Gasteiger partial charge on any atom is -0.208 e. The summed E-state index contributed by atoms with van der Waals surface area (Å²) in [5.74, 6) is 1.16. The van der Waals surface area contributed by atoms with E-state index in [1.54, 1.807) is 0 Å². The summed E-state index contributed by atoms with van der Waals surface area (Å²) in [6, 6.07) is 18.0. The van der Waals surface area contributed by atoms with Gasteiger partial charge in [0.2, 0.25) is 5.28 Å². The van der Waals surface area contributed by atoms with Crippen LogP contribution in [0.15, 0.2) is 72.8 Å². The Labute approximate surface area is 151 Å². The van der Waals surface area contributed by atoms with E-state index in [0.29, 0.717) is 11.6 Å². The SMILES string of the molecule is Clc1nc(-c2ccccc2)nc(-c2ccc(C3=CCCC=C3)cc2)n1. The van der Waals surface area contributed by atoms with E-state index in [1.165, 1.54) is 11.1 Å². The lowest BCUT2D eigenvalue weighted by atomic mass is 9.98. The fourth-order valence-corrected chi connectivity index (χ4v) is 2.99. The Kier molecular flexibility index (Phi) is 4.40. The molecule has 4 rings (SSSR count). The monoisotopic (exact) mass is 345 g/mol. The van der Waals surface area contributed by atoms with Gasteiger partial charge in [0, 0.05) is 11.1 Å². The highest BCUT2D eigenvalue weighted by atomic mass is 35.5. The quantitative estimate of drug-likeness (QED) is 0.620. The van der Waals surface area contributed by atoms with Crippen LogP contribution in [0.3, 0.4) is 0 Å². The predicted molar refractivity (Wildman–Crippen MR) is 102 cm³/mol. The number of allylic oxidation sites excluding steroid dienone is 4. The molecule has 0 spiro atoms. The molecule has 4 heteroatoms. The normalized spacial score (nSPS) is 13.6. The zero-order valence-electron chi connectivity index (χ0n) is 13.6. The van der Waals surface area contributed by atoms with E-state index in [0.717, 1.165) is 24.0 Å². The highest BCUT2D eigenvalue weighted by Crippen LogP contribution is 2.25. The molecule has 0 atom stereocenters. The van der Waals surface area contributed by atoms with Crippen molar-refractivity contribution in [1.82, 2.24) is 15.0 Å². The lowest BCUT2D eigenvalue weighted by molar-refractivity contribution is 1.04. The summed E-state index contributed by atoms with van der Waals surface area (Å²) in [5.41, 5.74) is 4.30. The van der Waals surface area contributed by atoms with Gasteiger partial charge >= 0.3 is 0 Å². The third-order valence-corrected chi connectivity index (χ3v) is 4.28. The minimum atomic E-state index is 0.200. The van der Waals surface area contributed by atoms with Crippen LogP contribution < -0.4 is 0 Å². The third-order valence-electron chi connectivity index (χ3n) is 4.11. The fourth-order valence-electron chi connectivity index (χ4n) is 2.83. The van der Waals surface area contributed by atoms with Crippen molar-refractivity contribution in [2.24, 2.45) is 0 Å².